The van der Waals surface area contributed by atoms with E-state index in [0.29, 0.717) is 30.6 Å². The van der Waals surface area contributed by atoms with Crippen molar-refractivity contribution >= 4 is 11.8 Å². The lowest BCUT2D eigenvalue weighted by molar-refractivity contribution is -0.127. The monoisotopic (exact) mass is 386 g/mol. The lowest BCUT2D eigenvalue weighted by atomic mass is 10.0. The lowest BCUT2D eigenvalue weighted by Gasteiger charge is -2.31. The first kappa shape index (κ1) is 19.2. The molecule has 0 radical (unpaired) electrons. The molecule has 1 saturated heterocycles. The van der Waals surface area contributed by atoms with Crippen molar-refractivity contribution in [1.29, 1.82) is 0 Å². The SMILES string of the molecule is COc1nc2c(cc1CNC(=O)[C@H]1CCCCN1C)C(=O)N(C1CCCC1)C2. The fraction of sp³-hybridized carbons (Fsp3) is 0.667. The smallest absolute Gasteiger partial charge is 0.256 e. The summed E-state index contributed by atoms with van der Waals surface area (Å²) in [4.78, 5) is 34.2. The first-order chi connectivity index (χ1) is 13.6. The zero-order valence-corrected chi connectivity index (χ0v) is 16.9. The van der Waals surface area contributed by atoms with Crippen LogP contribution >= 0.6 is 0 Å². The number of carbonyl (C=O) groups excluding carboxylic acids is 2. The Balaban J connectivity index is 1.48. The standard InChI is InChI=1S/C21H30N4O3/c1-24-10-6-5-9-18(24)19(26)22-12-14-11-16-17(23-20(14)28-2)13-25(21(16)27)15-7-3-4-8-15/h11,15,18H,3-10,12-13H2,1-2H3,(H,22,26)/t18-/m1/s1. The highest BCUT2D eigenvalue weighted by Crippen LogP contribution is 2.33. The molecule has 0 bridgehead atoms. The van der Waals surface area contributed by atoms with Gasteiger partial charge in [-0.25, -0.2) is 4.98 Å². The number of nitrogens with zero attached hydrogens (tertiary/aromatic N) is 3. The zero-order chi connectivity index (χ0) is 19.7. The molecule has 7 nitrogen and oxygen atoms in total. The summed E-state index contributed by atoms with van der Waals surface area (Å²) in [7, 11) is 3.58. The van der Waals surface area contributed by atoms with E-state index in [-0.39, 0.29) is 17.9 Å². The molecule has 1 aromatic rings. The fourth-order valence-corrected chi connectivity index (χ4v) is 4.79. The quantitative estimate of drug-likeness (QED) is 0.839. The number of likely N-dealkylation sites (N-methyl/N-ethyl adjacent to an activating group) is 1. The minimum absolute atomic E-state index is 0.0312. The first-order valence-corrected chi connectivity index (χ1v) is 10.4. The van der Waals surface area contributed by atoms with E-state index in [4.69, 9.17) is 4.74 Å². The van der Waals surface area contributed by atoms with Crippen LogP contribution in [-0.2, 0) is 17.9 Å². The number of nitrogens with one attached hydrogen (secondary N) is 1. The molecule has 1 N–H and O–H groups in total. The van der Waals surface area contributed by atoms with Gasteiger partial charge in [0.1, 0.15) is 0 Å². The minimum atomic E-state index is -0.0818. The van der Waals surface area contributed by atoms with Crippen LogP contribution in [0, 0.1) is 0 Å². The van der Waals surface area contributed by atoms with E-state index in [1.54, 1.807) is 7.11 Å². The summed E-state index contributed by atoms with van der Waals surface area (Å²) < 4.78 is 5.46. The van der Waals surface area contributed by atoms with Gasteiger partial charge in [-0.3, -0.25) is 14.5 Å². The average Bonchev–Trinajstić information content (AvgIpc) is 3.34. The van der Waals surface area contributed by atoms with Gasteiger partial charge in [0.2, 0.25) is 11.8 Å². The summed E-state index contributed by atoms with van der Waals surface area (Å²) in [6.07, 6.45) is 7.64. The number of hydrogen-bond acceptors (Lipinski definition) is 5. The van der Waals surface area contributed by atoms with Crippen LogP contribution in [0.3, 0.4) is 0 Å². The van der Waals surface area contributed by atoms with E-state index in [9.17, 15) is 9.59 Å². The van der Waals surface area contributed by atoms with E-state index in [2.05, 4.69) is 15.2 Å². The highest BCUT2D eigenvalue weighted by Gasteiger charge is 2.36. The number of ether oxygens (including phenoxy) is 1. The van der Waals surface area contributed by atoms with Gasteiger partial charge in [0.05, 0.1) is 31.0 Å². The number of hydrogen-bond donors (Lipinski definition) is 1. The molecular formula is C21H30N4O3. The Morgan fingerprint density at radius 3 is 2.71 bits per heavy atom. The van der Waals surface area contributed by atoms with E-state index in [1.165, 1.54) is 12.8 Å². The number of fused-ring (bicyclic) bond motifs is 1. The van der Waals surface area contributed by atoms with E-state index >= 15 is 0 Å². The third kappa shape index (κ3) is 3.60. The van der Waals surface area contributed by atoms with Gasteiger partial charge in [0, 0.05) is 18.2 Å². The number of pyridine rings is 1. The highest BCUT2D eigenvalue weighted by molar-refractivity contribution is 5.98. The predicted octanol–water partition coefficient (Wildman–Crippen LogP) is 2.09. The van der Waals surface area contributed by atoms with Crippen molar-refractivity contribution in [1.82, 2.24) is 20.1 Å². The molecule has 2 fully saturated rings. The van der Waals surface area contributed by atoms with Gasteiger partial charge in [-0.1, -0.05) is 19.3 Å². The summed E-state index contributed by atoms with van der Waals surface area (Å²) >= 11 is 0. The van der Waals surface area contributed by atoms with Gasteiger partial charge >= 0.3 is 0 Å². The number of likely N-dealkylation sites (tertiary alicyclic amines) is 1. The largest absolute Gasteiger partial charge is 0.481 e. The van der Waals surface area contributed by atoms with Crippen LogP contribution in [0.5, 0.6) is 5.88 Å². The second-order valence-electron chi connectivity index (χ2n) is 8.23. The minimum Gasteiger partial charge on any atom is -0.481 e. The van der Waals surface area contributed by atoms with Crippen LogP contribution in [0.4, 0.5) is 0 Å². The molecule has 4 rings (SSSR count). The molecular weight excluding hydrogens is 356 g/mol. The van der Waals surface area contributed by atoms with Gasteiger partial charge in [0.25, 0.3) is 5.91 Å². The molecule has 1 aromatic heterocycles. The number of piperidine rings is 1. The van der Waals surface area contributed by atoms with E-state index in [1.807, 2.05) is 18.0 Å². The Kier molecular flexibility index (Phi) is 5.53. The molecule has 1 atom stereocenters. The second-order valence-corrected chi connectivity index (χ2v) is 8.23. The van der Waals surface area contributed by atoms with Gasteiger partial charge < -0.3 is 15.0 Å². The molecule has 1 aliphatic carbocycles. The molecule has 28 heavy (non-hydrogen) atoms. The molecule has 0 spiro atoms. The van der Waals surface area contributed by atoms with Crippen LogP contribution < -0.4 is 10.1 Å². The summed E-state index contributed by atoms with van der Waals surface area (Å²) in [5.74, 6) is 0.595. The Labute approximate surface area is 166 Å². The normalized spacial score (nSPS) is 23.1. The second kappa shape index (κ2) is 8.07. The summed E-state index contributed by atoms with van der Waals surface area (Å²) in [5.41, 5.74) is 2.21. The number of amides is 2. The van der Waals surface area contributed by atoms with Crippen molar-refractivity contribution in [3.05, 3.63) is 22.9 Å². The zero-order valence-electron chi connectivity index (χ0n) is 16.9. The summed E-state index contributed by atoms with van der Waals surface area (Å²) in [6, 6.07) is 2.11. The van der Waals surface area contributed by atoms with Crippen LogP contribution in [0.25, 0.3) is 0 Å². The maximum absolute atomic E-state index is 12.9. The van der Waals surface area contributed by atoms with Crippen LogP contribution in [0.1, 0.15) is 66.6 Å². The number of aromatic nitrogens is 1. The Hall–Kier alpha value is -2.15. The van der Waals surface area contributed by atoms with E-state index < -0.39 is 0 Å². The Morgan fingerprint density at radius 2 is 2.00 bits per heavy atom. The Morgan fingerprint density at radius 1 is 1.25 bits per heavy atom. The summed E-state index contributed by atoms with van der Waals surface area (Å²) in [5, 5.41) is 3.02. The molecule has 152 valence electrons. The van der Waals surface area contributed by atoms with E-state index in [0.717, 1.165) is 49.9 Å². The van der Waals surface area contributed by atoms with Crippen LogP contribution in [0.2, 0.25) is 0 Å². The van der Waals surface area contributed by atoms with Crippen molar-refractivity contribution in [3.8, 4) is 5.88 Å². The van der Waals surface area contributed by atoms with Crippen LogP contribution in [0.15, 0.2) is 6.07 Å². The molecule has 2 aliphatic heterocycles. The van der Waals surface area contributed by atoms with Crippen LogP contribution in [-0.4, -0.2) is 59.4 Å². The highest BCUT2D eigenvalue weighted by atomic mass is 16.5. The van der Waals surface area contributed by atoms with Gasteiger partial charge in [-0.15, -0.1) is 0 Å². The maximum atomic E-state index is 12.9. The fourth-order valence-electron chi connectivity index (χ4n) is 4.79. The number of methoxy groups -OCH3 is 1. The molecule has 0 aromatic carbocycles. The third-order valence-corrected chi connectivity index (χ3v) is 6.44. The third-order valence-electron chi connectivity index (χ3n) is 6.44. The molecule has 7 heteroatoms. The van der Waals surface area contributed by atoms with Crippen molar-refractivity contribution in [2.75, 3.05) is 20.7 Å². The predicted molar refractivity (Wildman–Crippen MR) is 105 cm³/mol. The van der Waals surface area contributed by atoms with Gasteiger partial charge in [0.15, 0.2) is 0 Å². The average molecular weight is 386 g/mol. The molecule has 1 saturated carbocycles. The summed E-state index contributed by atoms with van der Waals surface area (Å²) in [6.45, 7) is 1.84. The Bertz CT molecular complexity index is 760. The van der Waals surface area contributed by atoms with Crippen molar-refractivity contribution < 1.29 is 14.3 Å². The first-order valence-electron chi connectivity index (χ1n) is 10.4. The maximum Gasteiger partial charge on any atom is 0.256 e. The number of carbonyl (C=O) groups is 2. The molecule has 2 amide bonds. The van der Waals surface area contributed by atoms with Crippen molar-refractivity contribution in [2.45, 2.75) is 70.1 Å². The van der Waals surface area contributed by atoms with Gasteiger partial charge in [-0.2, -0.15) is 0 Å². The molecule has 3 aliphatic rings. The molecule has 3 heterocycles. The lowest BCUT2D eigenvalue weighted by Crippen LogP contribution is -2.47. The van der Waals surface area contributed by atoms with Crippen molar-refractivity contribution in [2.24, 2.45) is 0 Å². The molecule has 0 unspecified atom stereocenters. The van der Waals surface area contributed by atoms with Crippen molar-refractivity contribution in [3.63, 3.8) is 0 Å². The van der Waals surface area contributed by atoms with Gasteiger partial charge in [-0.05, 0) is 45.3 Å². The number of rotatable bonds is 5. The topological polar surface area (TPSA) is 74.8 Å².